The van der Waals surface area contributed by atoms with Gasteiger partial charge < -0.3 is 19.6 Å². The Balaban J connectivity index is 1.80. The summed E-state index contributed by atoms with van der Waals surface area (Å²) in [6.45, 7) is 2.53. The molecule has 2 rings (SSSR count). The van der Waals surface area contributed by atoms with Crippen LogP contribution < -0.4 is 10.1 Å². The Morgan fingerprint density at radius 2 is 2.00 bits per heavy atom. The van der Waals surface area contributed by atoms with Crippen LogP contribution in [0.1, 0.15) is 34.5 Å². The molecule has 128 valence electrons. The van der Waals surface area contributed by atoms with Gasteiger partial charge in [-0.3, -0.25) is 9.59 Å². The van der Waals surface area contributed by atoms with Gasteiger partial charge in [0.05, 0.1) is 6.61 Å². The fourth-order valence-corrected chi connectivity index (χ4v) is 2.55. The number of amides is 1. The van der Waals surface area contributed by atoms with Crippen LogP contribution in [0, 0.1) is 6.92 Å². The van der Waals surface area contributed by atoms with Gasteiger partial charge in [0, 0.05) is 18.5 Å². The van der Waals surface area contributed by atoms with Crippen LogP contribution in [0.5, 0.6) is 5.75 Å². The molecule has 0 spiro atoms. The van der Waals surface area contributed by atoms with E-state index in [9.17, 15) is 9.59 Å². The Morgan fingerprint density at radius 3 is 2.58 bits per heavy atom. The summed E-state index contributed by atoms with van der Waals surface area (Å²) < 4.78 is 11.3. The van der Waals surface area contributed by atoms with Crippen molar-refractivity contribution < 1.29 is 23.8 Å². The molecule has 1 heterocycles. The highest BCUT2D eigenvalue weighted by Crippen LogP contribution is 2.19. The lowest BCUT2D eigenvalue weighted by molar-refractivity contribution is -0.137. The van der Waals surface area contributed by atoms with E-state index in [4.69, 9.17) is 14.3 Å². The number of hydrogen-bond donors (Lipinski definition) is 2. The Hall–Kier alpha value is -2.28. The fourth-order valence-electron chi connectivity index (χ4n) is 2.05. The van der Waals surface area contributed by atoms with E-state index in [0.29, 0.717) is 35.8 Å². The molecule has 1 aromatic carbocycles. The fraction of sp³-hybridized carbons (Fsp3) is 0.294. The van der Waals surface area contributed by atoms with Crippen LogP contribution in [0.25, 0.3) is 0 Å². The van der Waals surface area contributed by atoms with Crippen molar-refractivity contribution in [3.05, 3.63) is 51.9 Å². The minimum Gasteiger partial charge on any atom is -0.494 e. The highest BCUT2D eigenvalue weighted by Gasteiger charge is 2.14. The van der Waals surface area contributed by atoms with E-state index in [1.807, 2.05) is 12.1 Å². The van der Waals surface area contributed by atoms with Gasteiger partial charge in [-0.25, -0.2) is 0 Å². The van der Waals surface area contributed by atoms with Crippen LogP contribution in [-0.2, 0) is 11.3 Å². The smallest absolute Gasteiger partial charge is 0.303 e. The van der Waals surface area contributed by atoms with Gasteiger partial charge in [-0.1, -0.05) is 12.1 Å². The Morgan fingerprint density at radius 1 is 1.29 bits per heavy atom. The molecule has 0 radical (unpaired) electrons. The molecule has 6 nitrogen and oxygen atoms in total. The SMILES string of the molecule is Cc1cc(Br)oc1C(=O)NCc1ccc(OCCCC(=O)O)cc1. The summed E-state index contributed by atoms with van der Waals surface area (Å²) in [6.07, 6.45) is 0.553. The molecule has 0 saturated carbocycles. The number of hydrogen-bond acceptors (Lipinski definition) is 4. The number of carbonyl (C=O) groups excluding carboxylic acids is 1. The molecule has 0 saturated heterocycles. The molecular weight excluding hydrogens is 378 g/mol. The average Bonchev–Trinajstić information content (AvgIpc) is 2.89. The third kappa shape index (κ3) is 5.42. The monoisotopic (exact) mass is 395 g/mol. The molecule has 0 aliphatic rings. The van der Waals surface area contributed by atoms with E-state index in [1.165, 1.54) is 0 Å². The lowest BCUT2D eigenvalue weighted by atomic mass is 10.2. The predicted octanol–water partition coefficient (Wildman–Crippen LogP) is 3.52. The third-order valence-electron chi connectivity index (χ3n) is 3.27. The number of benzene rings is 1. The third-order valence-corrected chi connectivity index (χ3v) is 3.66. The van der Waals surface area contributed by atoms with Gasteiger partial charge >= 0.3 is 5.97 Å². The van der Waals surface area contributed by atoms with Gasteiger partial charge in [0.15, 0.2) is 10.4 Å². The number of furan rings is 1. The van der Waals surface area contributed by atoms with Crippen molar-refractivity contribution in [3.63, 3.8) is 0 Å². The minimum atomic E-state index is -0.830. The summed E-state index contributed by atoms with van der Waals surface area (Å²) in [4.78, 5) is 22.5. The Bertz CT molecular complexity index is 708. The number of aliphatic carboxylic acids is 1. The zero-order valence-electron chi connectivity index (χ0n) is 13.2. The van der Waals surface area contributed by atoms with Crippen LogP contribution in [0.15, 0.2) is 39.4 Å². The van der Waals surface area contributed by atoms with Gasteiger partial charge in [0.2, 0.25) is 0 Å². The summed E-state index contributed by atoms with van der Waals surface area (Å²) in [5.41, 5.74) is 1.69. The number of rotatable bonds is 8. The zero-order chi connectivity index (χ0) is 17.5. The van der Waals surface area contributed by atoms with E-state index in [-0.39, 0.29) is 12.3 Å². The number of carbonyl (C=O) groups is 2. The van der Waals surface area contributed by atoms with Crippen LogP contribution in [0.2, 0.25) is 0 Å². The lowest BCUT2D eigenvalue weighted by Crippen LogP contribution is -2.22. The second-order valence-electron chi connectivity index (χ2n) is 5.24. The van der Waals surface area contributed by atoms with Gasteiger partial charge in [0.1, 0.15) is 5.75 Å². The molecule has 0 unspecified atom stereocenters. The number of carboxylic acid groups (broad SMARTS) is 1. The second-order valence-corrected chi connectivity index (χ2v) is 6.02. The second kappa shape index (κ2) is 8.54. The van der Waals surface area contributed by atoms with Crippen molar-refractivity contribution in [2.45, 2.75) is 26.3 Å². The largest absolute Gasteiger partial charge is 0.494 e. The van der Waals surface area contributed by atoms with Crippen molar-refractivity contribution in [3.8, 4) is 5.75 Å². The van der Waals surface area contributed by atoms with Crippen LogP contribution >= 0.6 is 15.9 Å². The minimum absolute atomic E-state index is 0.0897. The van der Waals surface area contributed by atoms with E-state index in [0.717, 1.165) is 11.1 Å². The maximum absolute atomic E-state index is 12.1. The molecule has 0 fully saturated rings. The Kier molecular flexibility index (Phi) is 6.43. The first-order valence-electron chi connectivity index (χ1n) is 7.43. The van der Waals surface area contributed by atoms with Gasteiger partial charge in [-0.05, 0) is 53.0 Å². The predicted molar refractivity (Wildman–Crippen MR) is 91.1 cm³/mol. The van der Waals surface area contributed by atoms with Crippen molar-refractivity contribution in [2.75, 3.05) is 6.61 Å². The molecule has 0 atom stereocenters. The number of ether oxygens (including phenoxy) is 1. The molecule has 2 N–H and O–H groups in total. The number of carboxylic acids is 1. The van der Waals surface area contributed by atoms with Crippen molar-refractivity contribution in [1.29, 1.82) is 0 Å². The summed E-state index contributed by atoms with van der Waals surface area (Å²) in [6, 6.07) is 9.01. The average molecular weight is 396 g/mol. The topological polar surface area (TPSA) is 88.8 Å². The number of nitrogens with one attached hydrogen (secondary N) is 1. The molecule has 0 aliphatic heterocycles. The van der Waals surface area contributed by atoms with Crippen LogP contribution in [-0.4, -0.2) is 23.6 Å². The molecule has 2 aromatic rings. The maximum Gasteiger partial charge on any atom is 0.303 e. The summed E-state index contributed by atoms with van der Waals surface area (Å²) in [5.74, 6) is -0.141. The molecule has 0 bridgehead atoms. The highest BCUT2D eigenvalue weighted by atomic mass is 79.9. The quantitative estimate of drug-likeness (QED) is 0.667. The van der Waals surface area contributed by atoms with Crippen molar-refractivity contribution in [1.82, 2.24) is 5.32 Å². The normalized spacial score (nSPS) is 10.4. The maximum atomic E-state index is 12.1. The van der Waals surface area contributed by atoms with Crippen LogP contribution in [0.4, 0.5) is 0 Å². The summed E-state index contributed by atoms with van der Waals surface area (Å²) >= 11 is 3.20. The number of halogens is 1. The zero-order valence-corrected chi connectivity index (χ0v) is 14.8. The van der Waals surface area contributed by atoms with Crippen molar-refractivity contribution >= 4 is 27.8 Å². The standard InChI is InChI=1S/C17H18BrNO5/c1-11-9-14(18)24-16(11)17(22)19-10-12-4-6-13(7-5-12)23-8-2-3-15(20)21/h4-7,9H,2-3,8,10H2,1H3,(H,19,22)(H,20,21). The lowest BCUT2D eigenvalue weighted by Gasteiger charge is -2.07. The Labute approximate surface area is 147 Å². The highest BCUT2D eigenvalue weighted by molar-refractivity contribution is 9.10. The molecule has 0 aliphatic carbocycles. The molecule has 1 amide bonds. The van der Waals surface area contributed by atoms with Gasteiger partial charge in [-0.2, -0.15) is 0 Å². The van der Waals surface area contributed by atoms with Crippen LogP contribution in [0.3, 0.4) is 0 Å². The summed E-state index contributed by atoms with van der Waals surface area (Å²) in [5, 5.41) is 11.3. The molecule has 1 aromatic heterocycles. The van der Waals surface area contributed by atoms with E-state index < -0.39 is 5.97 Å². The van der Waals surface area contributed by atoms with E-state index >= 15 is 0 Å². The van der Waals surface area contributed by atoms with Gasteiger partial charge in [-0.15, -0.1) is 0 Å². The first-order chi connectivity index (χ1) is 11.5. The first kappa shape index (κ1) is 18.1. The van der Waals surface area contributed by atoms with E-state index in [1.54, 1.807) is 25.1 Å². The van der Waals surface area contributed by atoms with E-state index in [2.05, 4.69) is 21.2 Å². The number of aryl methyl sites for hydroxylation is 1. The first-order valence-corrected chi connectivity index (χ1v) is 8.22. The molecule has 24 heavy (non-hydrogen) atoms. The van der Waals surface area contributed by atoms with Gasteiger partial charge in [0.25, 0.3) is 5.91 Å². The summed E-state index contributed by atoms with van der Waals surface area (Å²) in [7, 11) is 0. The molecule has 7 heteroatoms. The van der Waals surface area contributed by atoms with Crippen molar-refractivity contribution in [2.24, 2.45) is 0 Å². The molecular formula is C17H18BrNO5.